The summed E-state index contributed by atoms with van der Waals surface area (Å²) in [6.45, 7) is 1.56. The second kappa shape index (κ2) is 8.66. The normalized spacial score (nSPS) is 11.0. The summed E-state index contributed by atoms with van der Waals surface area (Å²) < 4.78 is 9.71. The van der Waals surface area contributed by atoms with E-state index >= 15 is 0 Å². The van der Waals surface area contributed by atoms with Crippen molar-refractivity contribution in [1.82, 2.24) is 0 Å². The molecule has 0 bridgehead atoms. The van der Waals surface area contributed by atoms with E-state index in [9.17, 15) is 0 Å². The van der Waals surface area contributed by atoms with Crippen LogP contribution in [0.5, 0.6) is 0 Å². The van der Waals surface area contributed by atoms with Gasteiger partial charge in [0.05, 0.1) is 6.61 Å². The van der Waals surface area contributed by atoms with Crippen LogP contribution in [0.4, 0.5) is 0 Å². The van der Waals surface area contributed by atoms with E-state index in [1.165, 1.54) is 0 Å². The van der Waals surface area contributed by atoms with Crippen LogP contribution < -0.4 is 0 Å². The third-order valence-corrected chi connectivity index (χ3v) is 1.15. The van der Waals surface area contributed by atoms with Crippen LogP contribution in [0.15, 0.2) is 12.2 Å². The zero-order valence-corrected chi connectivity index (χ0v) is 6.80. The number of allylic oxidation sites excluding steroid dienone is 1. The Labute approximate surface area is 62.8 Å². The summed E-state index contributed by atoms with van der Waals surface area (Å²) in [6, 6.07) is 0. The number of methoxy groups -OCH3 is 2. The summed E-state index contributed by atoms with van der Waals surface area (Å²) >= 11 is 0. The van der Waals surface area contributed by atoms with Crippen molar-refractivity contribution in [2.75, 3.05) is 27.4 Å². The standard InChI is InChI=1S/C8H16O2/c1-9-7-5-3-4-6-8-10-2/h3,5H,4,6-8H2,1-2H3/b5-3+. The second-order valence-corrected chi connectivity index (χ2v) is 2.06. The maximum Gasteiger partial charge on any atom is 0.0643 e. The lowest BCUT2D eigenvalue weighted by atomic mass is 10.3. The molecule has 60 valence electrons. The number of hydrogen-bond acceptors (Lipinski definition) is 2. The molecule has 10 heavy (non-hydrogen) atoms. The Morgan fingerprint density at radius 1 is 1.10 bits per heavy atom. The molecule has 0 aromatic heterocycles. The monoisotopic (exact) mass is 144 g/mol. The molecule has 0 aromatic carbocycles. The summed E-state index contributed by atoms with van der Waals surface area (Å²) in [7, 11) is 3.42. The van der Waals surface area contributed by atoms with Gasteiger partial charge in [-0.3, -0.25) is 0 Å². The molecule has 0 spiro atoms. The minimum absolute atomic E-state index is 0.715. The quantitative estimate of drug-likeness (QED) is 0.416. The van der Waals surface area contributed by atoms with Gasteiger partial charge in [-0.25, -0.2) is 0 Å². The number of rotatable bonds is 6. The predicted octanol–water partition coefficient (Wildman–Crippen LogP) is 1.62. The zero-order chi connectivity index (χ0) is 7.66. The zero-order valence-electron chi connectivity index (χ0n) is 6.80. The molecule has 0 saturated heterocycles. The van der Waals surface area contributed by atoms with Gasteiger partial charge in [0, 0.05) is 20.8 Å². The van der Waals surface area contributed by atoms with Crippen molar-refractivity contribution in [3.63, 3.8) is 0 Å². The van der Waals surface area contributed by atoms with Gasteiger partial charge in [0.2, 0.25) is 0 Å². The maximum absolute atomic E-state index is 4.88. The lowest BCUT2D eigenvalue weighted by Gasteiger charge is -1.92. The second-order valence-electron chi connectivity index (χ2n) is 2.06. The molecule has 0 aliphatic carbocycles. The van der Waals surface area contributed by atoms with Crippen molar-refractivity contribution in [3.05, 3.63) is 12.2 Å². The van der Waals surface area contributed by atoms with Gasteiger partial charge in [-0.05, 0) is 12.8 Å². The van der Waals surface area contributed by atoms with E-state index < -0.39 is 0 Å². The SMILES string of the molecule is COC/C=C/CCCOC. The first-order chi connectivity index (χ1) is 4.91. The molecule has 0 unspecified atom stereocenters. The van der Waals surface area contributed by atoms with E-state index in [4.69, 9.17) is 9.47 Å². The van der Waals surface area contributed by atoms with Crippen molar-refractivity contribution < 1.29 is 9.47 Å². The van der Waals surface area contributed by atoms with Crippen molar-refractivity contribution in [2.24, 2.45) is 0 Å². The van der Waals surface area contributed by atoms with Crippen LogP contribution in [0.2, 0.25) is 0 Å². The lowest BCUT2D eigenvalue weighted by molar-refractivity contribution is 0.195. The lowest BCUT2D eigenvalue weighted by Crippen LogP contribution is -1.86. The van der Waals surface area contributed by atoms with Crippen molar-refractivity contribution in [2.45, 2.75) is 12.8 Å². The van der Waals surface area contributed by atoms with Gasteiger partial charge in [-0.2, -0.15) is 0 Å². The molecule has 2 heteroatoms. The van der Waals surface area contributed by atoms with E-state index in [1.807, 2.05) is 6.08 Å². The summed E-state index contributed by atoms with van der Waals surface area (Å²) in [5, 5.41) is 0. The van der Waals surface area contributed by atoms with E-state index in [1.54, 1.807) is 14.2 Å². The molecule has 0 aliphatic heterocycles. The van der Waals surface area contributed by atoms with Crippen molar-refractivity contribution in [1.29, 1.82) is 0 Å². The Bertz CT molecular complexity index is 79.3. The third kappa shape index (κ3) is 7.66. The molecule has 0 heterocycles. The summed E-state index contributed by atoms with van der Waals surface area (Å²) in [4.78, 5) is 0. The van der Waals surface area contributed by atoms with E-state index in [0.717, 1.165) is 19.4 Å². The molecule has 0 fully saturated rings. The highest BCUT2D eigenvalue weighted by Crippen LogP contribution is 1.90. The van der Waals surface area contributed by atoms with Crippen molar-refractivity contribution >= 4 is 0 Å². The van der Waals surface area contributed by atoms with E-state index in [2.05, 4.69) is 6.08 Å². The average molecular weight is 144 g/mol. The minimum Gasteiger partial charge on any atom is -0.385 e. The Kier molecular flexibility index (Phi) is 8.37. The minimum atomic E-state index is 0.715. The Hall–Kier alpha value is -0.340. The highest BCUT2D eigenvalue weighted by molar-refractivity contribution is 4.80. The first kappa shape index (κ1) is 9.66. The molecule has 0 saturated carbocycles. The highest BCUT2D eigenvalue weighted by atomic mass is 16.5. The first-order valence-corrected chi connectivity index (χ1v) is 3.54. The molecule has 0 amide bonds. The molecular formula is C8H16O2. The van der Waals surface area contributed by atoms with Crippen LogP contribution in [0, 0.1) is 0 Å². The molecule has 0 atom stereocenters. The van der Waals surface area contributed by atoms with Gasteiger partial charge in [0.1, 0.15) is 0 Å². The first-order valence-electron chi connectivity index (χ1n) is 3.54. The van der Waals surface area contributed by atoms with Crippen molar-refractivity contribution in [3.8, 4) is 0 Å². The summed E-state index contributed by atoms with van der Waals surface area (Å²) in [6.07, 6.45) is 6.31. The maximum atomic E-state index is 4.88. The average Bonchev–Trinajstić information content (AvgIpc) is 1.97. The van der Waals surface area contributed by atoms with Crippen LogP contribution >= 0.6 is 0 Å². The number of ether oxygens (including phenoxy) is 2. The molecular weight excluding hydrogens is 128 g/mol. The van der Waals surface area contributed by atoms with E-state index in [0.29, 0.717) is 6.61 Å². The smallest absolute Gasteiger partial charge is 0.0643 e. The van der Waals surface area contributed by atoms with Gasteiger partial charge in [0.15, 0.2) is 0 Å². The van der Waals surface area contributed by atoms with Crippen LogP contribution in [-0.4, -0.2) is 27.4 Å². The van der Waals surface area contributed by atoms with Gasteiger partial charge >= 0.3 is 0 Å². The van der Waals surface area contributed by atoms with Gasteiger partial charge < -0.3 is 9.47 Å². The molecule has 0 aliphatic rings. The van der Waals surface area contributed by atoms with Crippen LogP contribution in [0.3, 0.4) is 0 Å². The topological polar surface area (TPSA) is 18.5 Å². The fraction of sp³-hybridized carbons (Fsp3) is 0.750. The van der Waals surface area contributed by atoms with Crippen LogP contribution in [-0.2, 0) is 9.47 Å². The molecule has 0 radical (unpaired) electrons. The third-order valence-electron chi connectivity index (χ3n) is 1.15. The predicted molar refractivity (Wildman–Crippen MR) is 42.1 cm³/mol. The molecule has 2 nitrogen and oxygen atoms in total. The molecule has 0 N–H and O–H groups in total. The van der Waals surface area contributed by atoms with Gasteiger partial charge in [-0.15, -0.1) is 0 Å². The summed E-state index contributed by atoms with van der Waals surface area (Å²) in [5.41, 5.74) is 0. The Morgan fingerprint density at radius 3 is 2.50 bits per heavy atom. The number of unbranched alkanes of at least 4 members (excludes halogenated alkanes) is 1. The van der Waals surface area contributed by atoms with Gasteiger partial charge in [-0.1, -0.05) is 12.2 Å². The fourth-order valence-electron chi connectivity index (χ4n) is 0.628. The fourth-order valence-corrected chi connectivity index (χ4v) is 0.628. The van der Waals surface area contributed by atoms with Gasteiger partial charge in [0.25, 0.3) is 0 Å². The summed E-state index contributed by atoms with van der Waals surface area (Å²) in [5.74, 6) is 0. The van der Waals surface area contributed by atoms with Crippen LogP contribution in [0.25, 0.3) is 0 Å². The Balaban J connectivity index is 2.88. The number of hydrogen-bond donors (Lipinski definition) is 0. The van der Waals surface area contributed by atoms with Crippen LogP contribution in [0.1, 0.15) is 12.8 Å². The highest BCUT2D eigenvalue weighted by Gasteiger charge is 1.80. The molecule has 0 rings (SSSR count). The largest absolute Gasteiger partial charge is 0.385 e. The van der Waals surface area contributed by atoms with E-state index in [-0.39, 0.29) is 0 Å². The molecule has 0 aromatic rings. The Morgan fingerprint density at radius 2 is 1.90 bits per heavy atom.